The summed E-state index contributed by atoms with van der Waals surface area (Å²) in [5.41, 5.74) is 1.83. The van der Waals surface area contributed by atoms with Crippen LogP contribution in [0.5, 0.6) is 0 Å². The average molecular weight is 378 g/mol. The van der Waals surface area contributed by atoms with Crippen LogP contribution in [0, 0.1) is 5.41 Å². The zero-order valence-corrected chi connectivity index (χ0v) is 15.1. The molecule has 3 rings (SSSR count). The van der Waals surface area contributed by atoms with Crippen molar-refractivity contribution in [3.63, 3.8) is 0 Å². The maximum absolute atomic E-state index is 11.9. The highest BCUT2D eigenvalue weighted by molar-refractivity contribution is 6.53. The lowest BCUT2D eigenvalue weighted by atomic mass is 10.1. The minimum atomic E-state index is -1.10. The third-order valence-electron chi connectivity index (χ3n) is 4.32. The number of nitrogens with one attached hydrogen (secondary N) is 1. The molecule has 1 aliphatic rings. The van der Waals surface area contributed by atoms with Gasteiger partial charge in [-0.15, -0.1) is 23.2 Å². The Morgan fingerprint density at radius 1 is 1.04 bits per heavy atom. The number of ether oxygens (including phenoxy) is 1. The number of carbonyl (C=O) groups excluding carboxylic acids is 2. The van der Waals surface area contributed by atoms with Crippen LogP contribution < -0.4 is 5.32 Å². The standard InChI is InChI=1S/C19H17Cl2NO3/c1-18(12-19(18,20)21)17(24)25-11-16(23)22-15-9-7-14(8-10-15)13-5-3-2-4-6-13/h2-10H,11-12H2,1H3,(H,22,23)/t18-/m1/s1. The minimum Gasteiger partial charge on any atom is -0.455 e. The molecular weight excluding hydrogens is 361 g/mol. The molecule has 1 amide bonds. The van der Waals surface area contributed by atoms with Crippen LogP contribution in [0.15, 0.2) is 54.6 Å². The van der Waals surface area contributed by atoms with Crippen LogP contribution in [-0.4, -0.2) is 22.8 Å². The summed E-state index contributed by atoms with van der Waals surface area (Å²) in [6.45, 7) is 1.24. The number of hydrogen-bond acceptors (Lipinski definition) is 3. The highest BCUT2D eigenvalue weighted by atomic mass is 35.5. The van der Waals surface area contributed by atoms with E-state index >= 15 is 0 Å². The first-order valence-corrected chi connectivity index (χ1v) is 8.58. The lowest BCUT2D eigenvalue weighted by molar-refractivity contribution is -0.152. The predicted octanol–water partition coefficient (Wildman–Crippen LogP) is 4.42. The van der Waals surface area contributed by atoms with Gasteiger partial charge in [-0.2, -0.15) is 0 Å². The molecule has 4 nitrogen and oxygen atoms in total. The molecule has 1 fully saturated rings. The summed E-state index contributed by atoms with van der Waals surface area (Å²) in [5.74, 6) is -0.980. The summed E-state index contributed by atoms with van der Waals surface area (Å²) in [6, 6.07) is 17.3. The van der Waals surface area contributed by atoms with Gasteiger partial charge in [0, 0.05) is 12.1 Å². The van der Waals surface area contributed by atoms with E-state index in [2.05, 4.69) is 5.32 Å². The number of rotatable bonds is 5. The van der Waals surface area contributed by atoms with E-state index in [-0.39, 0.29) is 6.61 Å². The third kappa shape index (κ3) is 3.80. The van der Waals surface area contributed by atoms with Gasteiger partial charge in [0.1, 0.15) is 9.75 Å². The van der Waals surface area contributed by atoms with E-state index in [0.717, 1.165) is 11.1 Å². The third-order valence-corrected chi connectivity index (χ3v) is 5.42. The van der Waals surface area contributed by atoms with Gasteiger partial charge in [-0.1, -0.05) is 42.5 Å². The van der Waals surface area contributed by atoms with Crippen molar-refractivity contribution in [2.45, 2.75) is 17.7 Å². The molecule has 0 unspecified atom stereocenters. The molecule has 0 saturated heterocycles. The molecule has 1 N–H and O–H groups in total. The molecule has 0 aromatic heterocycles. The van der Waals surface area contributed by atoms with E-state index in [1.807, 2.05) is 42.5 Å². The van der Waals surface area contributed by atoms with Crippen molar-refractivity contribution >= 4 is 40.8 Å². The SMILES string of the molecule is C[C@]1(C(=O)OCC(=O)Nc2ccc(-c3ccccc3)cc2)CC1(Cl)Cl. The first kappa shape index (κ1) is 17.8. The quantitative estimate of drug-likeness (QED) is 0.619. The van der Waals surface area contributed by atoms with E-state index < -0.39 is 21.6 Å². The van der Waals surface area contributed by atoms with Gasteiger partial charge in [-0.05, 0) is 30.2 Å². The zero-order valence-electron chi connectivity index (χ0n) is 13.6. The number of halogens is 2. The van der Waals surface area contributed by atoms with Gasteiger partial charge in [-0.3, -0.25) is 9.59 Å². The van der Waals surface area contributed by atoms with E-state index in [1.165, 1.54) is 0 Å². The lowest BCUT2D eigenvalue weighted by Gasteiger charge is -2.12. The summed E-state index contributed by atoms with van der Waals surface area (Å²) in [5, 5.41) is 2.69. The minimum absolute atomic E-state index is 0.324. The van der Waals surface area contributed by atoms with Crippen LogP contribution in [-0.2, 0) is 14.3 Å². The van der Waals surface area contributed by atoms with Crippen LogP contribution in [0.1, 0.15) is 13.3 Å². The first-order valence-electron chi connectivity index (χ1n) is 7.82. The van der Waals surface area contributed by atoms with Crippen molar-refractivity contribution in [3.8, 4) is 11.1 Å². The van der Waals surface area contributed by atoms with E-state index in [4.69, 9.17) is 27.9 Å². The van der Waals surface area contributed by atoms with Crippen molar-refractivity contribution < 1.29 is 14.3 Å². The van der Waals surface area contributed by atoms with Crippen LogP contribution >= 0.6 is 23.2 Å². The van der Waals surface area contributed by atoms with E-state index in [1.54, 1.807) is 19.1 Å². The Morgan fingerprint density at radius 3 is 2.16 bits per heavy atom. The highest BCUT2D eigenvalue weighted by Crippen LogP contribution is 2.64. The molecular formula is C19H17Cl2NO3. The molecule has 130 valence electrons. The number of carbonyl (C=O) groups is 2. The Bertz CT molecular complexity index is 790. The van der Waals surface area contributed by atoms with Gasteiger partial charge >= 0.3 is 5.97 Å². The second-order valence-electron chi connectivity index (χ2n) is 6.28. The Balaban J connectivity index is 1.52. The van der Waals surface area contributed by atoms with Gasteiger partial charge in [0.2, 0.25) is 0 Å². The van der Waals surface area contributed by atoms with Crippen molar-refractivity contribution in [1.29, 1.82) is 0 Å². The highest BCUT2D eigenvalue weighted by Gasteiger charge is 2.69. The van der Waals surface area contributed by atoms with Crippen molar-refractivity contribution in [2.24, 2.45) is 5.41 Å². The van der Waals surface area contributed by atoms with Gasteiger partial charge in [0.15, 0.2) is 6.61 Å². The van der Waals surface area contributed by atoms with Crippen molar-refractivity contribution in [1.82, 2.24) is 0 Å². The van der Waals surface area contributed by atoms with Crippen molar-refractivity contribution in [3.05, 3.63) is 54.6 Å². The number of hydrogen-bond donors (Lipinski definition) is 1. The fraction of sp³-hybridized carbons (Fsp3) is 0.263. The lowest BCUT2D eigenvalue weighted by Crippen LogP contribution is -2.26. The fourth-order valence-electron chi connectivity index (χ4n) is 2.49. The molecule has 2 aromatic rings. The molecule has 25 heavy (non-hydrogen) atoms. The second-order valence-corrected chi connectivity index (χ2v) is 7.76. The van der Waals surface area contributed by atoms with Gasteiger partial charge in [0.05, 0.1) is 0 Å². The Kier molecular flexibility index (Phi) is 4.76. The molecule has 0 aliphatic heterocycles. The summed E-state index contributed by atoms with van der Waals surface area (Å²) < 4.78 is 3.91. The molecule has 0 heterocycles. The largest absolute Gasteiger partial charge is 0.455 e. The molecule has 2 aromatic carbocycles. The molecule has 1 aliphatic carbocycles. The summed E-state index contributed by atoms with van der Waals surface area (Å²) in [7, 11) is 0. The predicted molar refractivity (Wildman–Crippen MR) is 98.6 cm³/mol. The van der Waals surface area contributed by atoms with E-state index in [0.29, 0.717) is 12.1 Å². The van der Waals surface area contributed by atoms with Crippen LogP contribution in [0.25, 0.3) is 11.1 Å². The maximum atomic E-state index is 11.9. The fourth-order valence-corrected chi connectivity index (χ4v) is 3.17. The number of esters is 1. The zero-order chi connectivity index (χ0) is 18.1. The van der Waals surface area contributed by atoms with Crippen LogP contribution in [0.3, 0.4) is 0 Å². The molecule has 0 bridgehead atoms. The van der Waals surface area contributed by atoms with Gasteiger partial charge in [0.25, 0.3) is 5.91 Å². The number of anilines is 1. The molecule has 1 saturated carbocycles. The maximum Gasteiger partial charge on any atom is 0.315 e. The second kappa shape index (κ2) is 6.70. The van der Waals surface area contributed by atoms with Crippen LogP contribution in [0.4, 0.5) is 5.69 Å². The molecule has 1 atom stereocenters. The molecule has 0 radical (unpaired) electrons. The summed E-state index contributed by atoms with van der Waals surface area (Å²) in [6.07, 6.45) is 0.324. The Labute approximate surface area is 156 Å². The Morgan fingerprint density at radius 2 is 1.60 bits per heavy atom. The number of amides is 1. The van der Waals surface area contributed by atoms with Gasteiger partial charge in [-0.25, -0.2) is 0 Å². The van der Waals surface area contributed by atoms with Crippen molar-refractivity contribution in [2.75, 3.05) is 11.9 Å². The summed E-state index contributed by atoms with van der Waals surface area (Å²) in [4.78, 5) is 23.9. The van der Waals surface area contributed by atoms with Gasteiger partial charge < -0.3 is 10.1 Å². The number of benzene rings is 2. The average Bonchev–Trinajstić information content (AvgIpc) is 3.13. The topological polar surface area (TPSA) is 55.4 Å². The first-order chi connectivity index (χ1) is 11.8. The van der Waals surface area contributed by atoms with E-state index in [9.17, 15) is 9.59 Å². The summed E-state index contributed by atoms with van der Waals surface area (Å²) >= 11 is 11.8. The smallest absolute Gasteiger partial charge is 0.315 e. The Hall–Kier alpha value is -2.04. The van der Waals surface area contributed by atoms with Crippen LogP contribution in [0.2, 0.25) is 0 Å². The number of alkyl halides is 2. The molecule has 0 spiro atoms. The monoisotopic (exact) mass is 377 g/mol. The normalized spacial score (nSPS) is 20.6. The molecule has 6 heteroatoms.